The summed E-state index contributed by atoms with van der Waals surface area (Å²) in [6.07, 6.45) is 4.96. The van der Waals surface area contributed by atoms with Crippen molar-refractivity contribution in [1.82, 2.24) is 10.2 Å². The van der Waals surface area contributed by atoms with Crippen molar-refractivity contribution < 1.29 is 9.53 Å². The normalized spacial score (nSPS) is 11.0. The van der Waals surface area contributed by atoms with Crippen LogP contribution in [0.25, 0.3) is 17.0 Å². The number of amides is 1. The molecule has 5 heteroatoms. The number of carbonyl (C=O) groups excluding carboxylic acids is 1. The smallest absolute Gasteiger partial charge is 0.248 e. The minimum absolute atomic E-state index is 0.189. The maximum absolute atomic E-state index is 12.0. The number of hydrogen-bond donors (Lipinski definition) is 2. The number of ether oxygens (including phenoxy) is 1. The van der Waals surface area contributed by atoms with Crippen molar-refractivity contribution in [3.05, 3.63) is 60.3 Å². The fraction of sp³-hybridized carbons (Fsp3) is 0.0588. The van der Waals surface area contributed by atoms with Crippen molar-refractivity contribution in [2.45, 2.75) is 0 Å². The number of benzene rings is 2. The fourth-order valence-electron chi connectivity index (χ4n) is 2.12. The summed E-state index contributed by atoms with van der Waals surface area (Å²) >= 11 is 0. The number of nitrogens with zero attached hydrogens (tertiary/aromatic N) is 1. The highest BCUT2D eigenvalue weighted by atomic mass is 16.5. The Morgan fingerprint density at radius 3 is 3.05 bits per heavy atom. The first kappa shape index (κ1) is 13.9. The third kappa shape index (κ3) is 3.15. The van der Waals surface area contributed by atoms with E-state index in [1.165, 1.54) is 6.08 Å². The van der Waals surface area contributed by atoms with E-state index >= 15 is 0 Å². The Morgan fingerprint density at radius 2 is 2.18 bits per heavy atom. The maximum atomic E-state index is 12.0. The lowest BCUT2D eigenvalue weighted by molar-refractivity contribution is -0.111. The molecular weight excluding hydrogens is 278 g/mol. The van der Waals surface area contributed by atoms with Crippen molar-refractivity contribution in [2.75, 3.05) is 12.4 Å². The van der Waals surface area contributed by atoms with Gasteiger partial charge in [0.2, 0.25) is 5.91 Å². The molecule has 0 bridgehead atoms. The van der Waals surface area contributed by atoms with Crippen molar-refractivity contribution in [3.8, 4) is 5.75 Å². The van der Waals surface area contributed by atoms with Gasteiger partial charge in [-0.05, 0) is 42.0 Å². The highest BCUT2D eigenvalue weighted by Gasteiger charge is 2.01. The molecular formula is C17H15N3O2. The van der Waals surface area contributed by atoms with E-state index in [1.54, 1.807) is 19.4 Å². The summed E-state index contributed by atoms with van der Waals surface area (Å²) in [5, 5.41) is 10.6. The van der Waals surface area contributed by atoms with Crippen molar-refractivity contribution >= 4 is 28.6 Å². The Hall–Kier alpha value is -3.08. The molecule has 2 N–H and O–H groups in total. The van der Waals surface area contributed by atoms with Crippen LogP contribution in [0.5, 0.6) is 5.75 Å². The van der Waals surface area contributed by atoms with Gasteiger partial charge in [-0.1, -0.05) is 12.1 Å². The van der Waals surface area contributed by atoms with Gasteiger partial charge in [-0.15, -0.1) is 0 Å². The number of aromatic nitrogens is 2. The number of fused-ring (bicyclic) bond motifs is 1. The van der Waals surface area contributed by atoms with Crippen LogP contribution in [-0.2, 0) is 4.79 Å². The predicted molar refractivity (Wildman–Crippen MR) is 86.8 cm³/mol. The van der Waals surface area contributed by atoms with Crippen molar-refractivity contribution in [2.24, 2.45) is 0 Å². The van der Waals surface area contributed by atoms with Crippen LogP contribution >= 0.6 is 0 Å². The zero-order valence-electron chi connectivity index (χ0n) is 12.0. The molecule has 1 heterocycles. The molecule has 0 fully saturated rings. The van der Waals surface area contributed by atoms with E-state index in [9.17, 15) is 4.79 Å². The lowest BCUT2D eigenvalue weighted by atomic mass is 10.2. The Labute approximate surface area is 127 Å². The van der Waals surface area contributed by atoms with E-state index in [0.717, 1.165) is 27.9 Å². The monoisotopic (exact) mass is 293 g/mol. The zero-order chi connectivity index (χ0) is 15.4. The summed E-state index contributed by atoms with van der Waals surface area (Å²) in [5.41, 5.74) is 2.57. The number of rotatable bonds is 4. The molecule has 0 unspecified atom stereocenters. The van der Waals surface area contributed by atoms with E-state index < -0.39 is 0 Å². The highest BCUT2D eigenvalue weighted by molar-refractivity contribution is 6.02. The van der Waals surface area contributed by atoms with Gasteiger partial charge < -0.3 is 10.1 Å². The van der Waals surface area contributed by atoms with Crippen molar-refractivity contribution in [3.63, 3.8) is 0 Å². The average Bonchev–Trinajstić information content (AvgIpc) is 3.01. The molecule has 3 aromatic rings. The number of H-pyrrole nitrogens is 1. The number of nitrogens with one attached hydrogen (secondary N) is 2. The van der Waals surface area contributed by atoms with Gasteiger partial charge in [-0.3, -0.25) is 9.89 Å². The predicted octanol–water partition coefficient (Wildman–Crippen LogP) is 3.22. The summed E-state index contributed by atoms with van der Waals surface area (Å²) in [7, 11) is 1.61. The first-order chi connectivity index (χ1) is 10.7. The van der Waals surface area contributed by atoms with Gasteiger partial charge in [-0.25, -0.2) is 0 Å². The lowest BCUT2D eigenvalue weighted by Gasteiger charge is -2.02. The van der Waals surface area contributed by atoms with E-state index in [0.29, 0.717) is 0 Å². The lowest BCUT2D eigenvalue weighted by Crippen LogP contribution is -2.07. The summed E-state index contributed by atoms with van der Waals surface area (Å²) < 4.78 is 5.15. The Balaban J connectivity index is 1.69. The topological polar surface area (TPSA) is 67.0 Å². The minimum atomic E-state index is -0.189. The molecule has 0 aliphatic heterocycles. The molecule has 0 aliphatic carbocycles. The molecule has 0 aliphatic rings. The van der Waals surface area contributed by atoms with Gasteiger partial charge in [0.25, 0.3) is 0 Å². The van der Waals surface area contributed by atoms with Gasteiger partial charge in [0.05, 0.1) is 18.8 Å². The number of hydrogen-bond acceptors (Lipinski definition) is 3. The van der Waals surface area contributed by atoms with Crippen LogP contribution < -0.4 is 10.1 Å². The molecule has 0 radical (unpaired) electrons. The Morgan fingerprint density at radius 1 is 1.27 bits per heavy atom. The number of carbonyl (C=O) groups is 1. The molecule has 1 amide bonds. The second-order valence-electron chi connectivity index (χ2n) is 4.77. The number of methoxy groups -OCH3 is 1. The van der Waals surface area contributed by atoms with E-state index in [-0.39, 0.29) is 5.91 Å². The van der Waals surface area contributed by atoms with Gasteiger partial charge in [-0.2, -0.15) is 5.10 Å². The highest BCUT2D eigenvalue weighted by Crippen LogP contribution is 2.17. The Kier molecular flexibility index (Phi) is 3.87. The van der Waals surface area contributed by atoms with Crippen LogP contribution in [0.15, 0.2) is 54.7 Å². The van der Waals surface area contributed by atoms with Crippen LogP contribution in [-0.4, -0.2) is 23.2 Å². The molecule has 0 spiro atoms. The summed E-state index contributed by atoms with van der Waals surface area (Å²) in [6.45, 7) is 0. The van der Waals surface area contributed by atoms with Crippen molar-refractivity contribution in [1.29, 1.82) is 0 Å². The minimum Gasteiger partial charge on any atom is -0.497 e. The first-order valence-electron chi connectivity index (χ1n) is 6.81. The van der Waals surface area contributed by atoms with Crippen LogP contribution in [0, 0.1) is 0 Å². The molecule has 0 saturated heterocycles. The van der Waals surface area contributed by atoms with E-state index in [1.807, 2.05) is 42.5 Å². The first-order valence-corrected chi connectivity index (χ1v) is 6.81. The Bertz CT molecular complexity index is 837. The summed E-state index contributed by atoms with van der Waals surface area (Å²) in [6, 6.07) is 13.1. The zero-order valence-corrected chi connectivity index (χ0v) is 12.0. The van der Waals surface area contributed by atoms with Gasteiger partial charge in [0.15, 0.2) is 0 Å². The van der Waals surface area contributed by atoms with Crippen LogP contribution in [0.2, 0.25) is 0 Å². The standard InChI is InChI=1S/C17H15N3O2/c1-22-15-4-2-3-12(9-15)5-8-17(21)19-14-6-7-16-13(10-14)11-18-20-16/h2-11H,1H3,(H,18,20)(H,19,21)/b8-5+. The molecule has 0 saturated carbocycles. The quantitative estimate of drug-likeness (QED) is 0.726. The fourth-order valence-corrected chi connectivity index (χ4v) is 2.12. The second kappa shape index (κ2) is 6.13. The van der Waals surface area contributed by atoms with Crippen LogP contribution in [0.3, 0.4) is 0 Å². The maximum Gasteiger partial charge on any atom is 0.248 e. The molecule has 1 aromatic heterocycles. The van der Waals surface area contributed by atoms with Gasteiger partial charge >= 0.3 is 0 Å². The van der Waals surface area contributed by atoms with Crippen LogP contribution in [0.4, 0.5) is 5.69 Å². The molecule has 110 valence electrons. The van der Waals surface area contributed by atoms with Crippen LogP contribution in [0.1, 0.15) is 5.56 Å². The largest absolute Gasteiger partial charge is 0.497 e. The second-order valence-corrected chi connectivity index (χ2v) is 4.77. The van der Waals surface area contributed by atoms with Gasteiger partial charge in [0.1, 0.15) is 5.75 Å². The summed E-state index contributed by atoms with van der Waals surface area (Å²) in [4.78, 5) is 12.0. The molecule has 5 nitrogen and oxygen atoms in total. The summed E-state index contributed by atoms with van der Waals surface area (Å²) in [5.74, 6) is 0.568. The molecule has 22 heavy (non-hydrogen) atoms. The number of anilines is 1. The third-order valence-corrected chi connectivity index (χ3v) is 3.23. The van der Waals surface area contributed by atoms with Gasteiger partial charge in [0, 0.05) is 17.1 Å². The van der Waals surface area contributed by atoms with E-state index in [4.69, 9.17) is 4.74 Å². The third-order valence-electron chi connectivity index (χ3n) is 3.23. The molecule has 3 rings (SSSR count). The number of aromatic amines is 1. The molecule has 0 atom stereocenters. The molecule has 2 aromatic carbocycles. The van der Waals surface area contributed by atoms with E-state index in [2.05, 4.69) is 15.5 Å². The SMILES string of the molecule is COc1cccc(/C=C/C(=O)Nc2ccc3[nH]ncc3c2)c1. The average molecular weight is 293 g/mol.